The molecule has 1 spiro atoms. The van der Waals surface area contributed by atoms with Crippen LogP contribution in [-0.2, 0) is 9.47 Å². The van der Waals surface area contributed by atoms with Crippen LogP contribution in [0.2, 0.25) is 0 Å². The van der Waals surface area contributed by atoms with E-state index in [2.05, 4.69) is 18.7 Å². The molecule has 7 atom stereocenters. The summed E-state index contributed by atoms with van der Waals surface area (Å²) in [4.78, 5) is 3.61. The van der Waals surface area contributed by atoms with Gasteiger partial charge in [-0.15, -0.1) is 0 Å². The Hall–Kier alpha value is -0.590. The van der Waals surface area contributed by atoms with E-state index in [1.54, 1.807) is 0 Å². The molecule has 19 heavy (non-hydrogen) atoms. The summed E-state index contributed by atoms with van der Waals surface area (Å²) in [6.07, 6.45) is 6.24. The highest BCUT2D eigenvalue weighted by molar-refractivity contribution is 5.07. The first-order chi connectivity index (χ1) is 9.04. The Morgan fingerprint density at radius 2 is 2.11 bits per heavy atom. The molecular formula is C16H25NO2. The van der Waals surface area contributed by atoms with Gasteiger partial charge in [0.2, 0.25) is 6.04 Å². The maximum atomic E-state index is 7.11. The summed E-state index contributed by atoms with van der Waals surface area (Å²) in [6, 6.07) is 0.0796. The molecule has 3 fully saturated rings. The SMILES string of the molecule is [C-]#[N+][C@@H](C)C[C@H]1CC[C@@H]2O[C@H]3C[C@]2(CC(C)C3C)O1. The van der Waals surface area contributed by atoms with Crippen LogP contribution in [0.15, 0.2) is 0 Å². The zero-order valence-electron chi connectivity index (χ0n) is 12.3. The molecule has 1 aliphatic carbocycles. The minimum absolute atomic E-state index is 0.0265. The molecule has 2 aliphatic heterocycles. The lowest BCUT2D eigenvalue weighted by Gasteiger charge is -2.45. The lowest BCUT2D eigenvalue weighted by molar-refractivity contribution is -0.170. The van der Waals surface area contributed by atoms with Crippen LogP contribution >= 0.6 is 0 Å². The van der Waals surface area contributed by atoms with Gasteiger partial charge < -0.3 is 14.3 Å². The van der Waals surface area contributed by atoms with E-state index in [0.29, 0.717) is 24.0 Å². The summed E-state index contributed by atoms with van der Waals surface area (Å²) in [6.45, 7) is 13.8. The number of rotatable bonds is 2. The zero-order valence-corrected chi connectivity index (χ0v) is 12.3. The predicted octanol–water partition coefficient (Wildman–Crippen LogP) is 3.44. The first kappa shape index (κ1) is 13.4. The fourth-order valence-corrected chi connectivity index (χ4v) is 4.31. The third-order valence-electron chi connectivity index (χ3n) is 5.60. The standard InChI is InChI=1S/C16H25NO2/c1-10-8-16-9-14(12(10)3)18-15(16)6-5-13(19-16)7-11(2)17-4/h10-15H,5-9H2,1-3H3/t10?,11-,12?,13+,14-,15-,16-/m0/s1. The number of fused-ring (bicyclic) bond motifs is 1. The van der Waals surface area contributed by atoms with Crippen LogP contribution in [0.25, 0.3) is 4.85 Å². The molecule has 1 saturated carbocycles. The second-order valence-electron chi connectivity index (χ2n) is 7.00. The molecule has 0 amide bonds. The van der Waals surface area contributed by atoms with Crippen molar-refractivity contribution in [2.75, 3.05) is 0 Å². The highest BCUT2D eigenvalue weighted by Gasteiger charge is 2.58. The van der Waals surface area contributed by atoms with E-state index >= 15 is 0 Å². The van der Waals surface area contributed by atoms with E-state index in [1.807, 2.05) is 6.92 Å². The Bertz CT molecular complexity index is 391. The number of hydrogen-bond acceptors (Lipinski definition) is 2. The summed E-state index contributed by atoms with van der Waals surface area (Å²) in [7, 11) is 0. The molecule has 2 heterocycles. The molecule has 3 aliphatic rings. The average Bonchev–Trinajstić information content (AvgIpc) is 2.70. The van der Waals surface area contributed by atoms with Gasteiger partial charge in [0.25, 0.3) is 0 Å². The maximum Gasteiger partial charge on any atom is 0.223 e. The smallest absolute Gasteiger partial charge is 0.223 e. The van der Waals surface area contributed by atoms with E-state index in [0.717, 1.165) is 32.1 Å². The van der Waals surface area contributed by atoms with Crippen molar-refractivity contribution in [3.8, 4) is 0 Å². The molecule has 0 radical (unpaired) electrons. The molecule has 0 N–H and O–H groups in total. The fraction of sp³-hybridized carbons (Fsp3) is 0.938. The molecule has 0 aromatic rings. The van der Waals surface area contributed by atoms with Gasteiger partial charge in [-0.1, -0.05) is 13.8 Å². The Morgan fingerprint density at radius 3 is 2.84 bits per heavy atom. The van der Waals surface area contributed by atoms with Crippen molar-refractivity contribution in [3.63, 3.8) is 0 Å². The average molecular weight is 263 g/mol. The van der Waals surface area contributed by atoms with E-state index in [1.165, 1.54) is 0 Å². The third-order valence-corrected chi connectivity index (χ3v) is 5.60. The van der Waals surface area contributed by atoms with Gasteiger partial charge in [-0.05, 0) is 31.1 Å². The molecule has 2 bridgehead atoms. The summed E-state index contributed by atoms with van der Waals surface area (Å²) >= 11 is 0. The number of hydrogen-bond donors (Lipinski definition) is 0. The minimum atomic E-state index is -0.0265. The van der Waals surface area contributed by atoms with Crippen LogP contribution in [0.5, 0.6) is 0 Å². The van der Waals surface area contributed by atoms with Crippen molar-refractivity contribution in [1.29, 1.82) is 0 Å². The van der Waals surface area contributed by atoms with Gasteiger partial charge in [0.05, 0.1) is 23.9 Å². The Labute approximate surface area is 116 Å². The van der Waals surface area contributed by atoms with E-state index in [4.69, 9.17) is 16.0 Å². The van der Waals surface area contributed by atoms with Crippen LogP contribution in [0.3, 0.4) is 0 Å². The summed E-state index contributed by atoms with van der Waals surface area (Å²) in [5.41, 5.74) is -0.0265. The lowest BCUT2D eigenvalue weighted by Crippen LogP contribution is -2.51. The van der Waals surface area contributed by atoms with Crippen molar-refractivity contribution >= 4 is 0 Å². The molecular weight excluding hydrogens is 238 g/mol. The molecule has 3 nitrogen and oxygen atoms in total. The van der Waals surface area contributed by atoms with Crippen LogP contribution in [0.1, 0.15) is 52.9 Å². The number of ether oxygens (including phenoxy) is 2. The predicted molar refractivity (Wildman–Crippen MR) is 73.7 cm³/mol. The maximum absolute atomic E-state index is 7.11. The van der Waals surface area contributed by atoms with Crippen LogP contribution in [-0.4, -0.2) is 30.0 Å². The molecule has 0 aromatic heterocycles. The van der Waals surface area contributed by atoms with Crippen molar-refractivity contribution in [1.82, 2.24) is 0 Å². The summed E-state index contributed by atoms with van der Waals surface area (Å²) in [5.74, 6) is 1.33. The van der Waals surface area contributed by atoms with Gasteiger partial charge in [-0.3, -0.25) is 0 Å². The Morgan fingerprint density at radius 1 is 1.32 bits per heavy atom. The van der Waals surface area contributed by atoms with Gasteiger partial charge >= 0.3 is 0 Å². The van der Waals surface area contributed by atoms with Crippen molar-refractivity contribution in [3.05, 3.63) is 11.4 Å². The van der Waals surface area contributed by atoms with Crippen LogP contribution in [0, 0.1) is 18.4 Å². The van der Waals surface area contributed by atoms with Crippen LogP contribution in [0.4, 0.5) is 0 Å². The zero-order chi connectivity index (χ0) is 13.6. The Kier molecular flexibility index (Phi) is 3.35. The topological polar surface area (TPSA) is 22.8 Å². The number of nitrogens with zero attached hydrogens (tertiary/aromatic N) is 1. The monoisotopic (exact) mass is 263 g/mol. The quantitative estimate of drug-likeness (QED) is 0.712. The first-order valence-electron chi connectivity index (χ1n) is 7.74. The molecule has 3 rings (SSSR count). The summed E-state index contributed by atoms with van der Waals surface area (Å²) in [5, 5.41) is 0. The van der Waals surface area contributed by atoms with E-state index < -0.39 is 0 Å². The summed E-state index contributed by atoms with van der Waals surface area (Å²) < 4.78 is 12.7. The van der Waals surface area contributed by atoms with Crippen molar-refractivity contribution in [2.45, 2.75) is 82.8 Å². The third kappa shape index (κ3) is 2.19. The first-order valence-corrected chi connectivity index (χ1v) is 7.74. The molecule has 2 unspecified atom stereocenters. The normalized spacial score (nSPS) is 50.3. The molecule has 0 aromatic carbocycles. The van der Waals surface area contributed by atoms with Crippen molar-refractivity contribution in [2.24, 2.45) is 11.8 Å². The molecule has 3 heteroatoms. The van der Waals surface area contributed by atoms with Gasteiger partial charge in [0, 0.05) is 19.8 Å². The van der Waals surface area contributed by atoms with Gasteiger partial charge in [-0.2, -0.15) is 0 Å². The van der Waals surface area contributed by atoms with Crippen LogP contribution < -0.4 is 0 Å². The fourth-order valence-electron chi connectivity index (χ4n) is 4.31. The molecule has 2 saturated heterocycles. The highest BCUT2D eigenvalue weighted by Crippen LogP contribution is 2.53. The molecule has 106 valence electrons. The largest absolute Gasteiger partial charge is 0.372 e. The minimum Gasteiger partial charge on any atom is -0.372 e. The highest BCUT2D eigenvalue weighted by atomic mass is 16.6. The lowest BCUT2D eigenvalue weighted by atomic mass is 9.70. The van der Waals surface area contributed by atoms with Gasteiger partial charge in [-0.25, -0.2) is 6.57 Å². The van der Waals surface area contributed by atoms with Gasteiger partial charge in [0.1, 0.15) is 0 Å². The second kappa shape index (κ2) is 4.75. The Balaban J connectivity index is 1.73. The van der Waals surface area contributed by atoms with Gasteiger partial charge in [0.15, 0.2) is 0 Å². The van der Waals surface area contributed by atoms with E-state index in [-0.39, 0.29) is 17.7 Å². The van der Waals surface area contributed by atoms with E-state index in [9.17, 15) is 0 Å². The second-order valence-corrected chi connectivity index (χ2v) is 7.00. The van der Waals surface area contributed by atoms with Crippen molar-refractivity contribution < 1.29 is 9.47 Å².